The Bertz CT molecular complexity index is 393. The zero-order valence-corrected chi connectivity index (χ0v) is 8.96. The van der Waals surface area contributed by atoms with Crippen molar-refractivity contribution in [2.24, 2.45) is 5.73 Å². The maximum absolute atomic E-state index is 13.2. The van der Waals surface area contributed by atoms with E-state index in [1.807, 2.05) is 0 Å². The lowest BCUT2D eigenvalue weighted by molar-refractivity contribution is 0.380. The topological polar surface area (TPSA) is 38.0 Å². The molecular formula is C10H11F5N2. The summed E-state index contributed by atoms with van der Waals surface area (Å²) in [4.78, 5) is 0. The summed E-state index contributed by atoms with van der Waals surface area (Å²) in [6.45, 7) is 1.74. The molecule has 1 aromatic carbocycles. The van der Waals surface area contributed by atoms with Crippen LogP contribution in [0.25, 0.3) is 0 Å². The normalized spacial score (nSPS) is 12.6. The van der Waals surface area contributed by atoms with Crippen LogP contribution in [0.5, 0.6) is 0 Å². The predicted octanol–water partition coefficient (Wildman–Crippen LogP) is 2.53. The summed E-state index contributed by atoms with van der Waals surface area (Å²) >= 11 is 0. The van der Waals surface area contributed by atoms with Gasteiger partial charge in [-0.3, -0.25) is 0 Å². The minimum Gasteiger partial charge on any atom is -0.378 e. The van der Waals surface area contributed by atoms with Gasteiger partial charge in [0, 0.05) is 6.04 Å². The predicted molar refractivity (Wildman–Crippen MR) is 53.0 cm³/mol. The highest BCUT2D eigenvalue weighted by Gasteiger charge is 2.26. The molecule has 0 saturated heterocycles. The van der Waals surface area contributed by atoms with Gasteiger partial charge < -0.3 is 11.1 Å². The molecule has 3 N–H and O–H groups in total. The van der Waals surface area contributed by atoms with Crippen molar-refractivity contribution in [2.45, 2.75) is 19.4 Å². The minimum atomic E-state index is -2.17. The van der Waals surface area contributed by atoms with Crippen LogP contribution in [-0.4, -0.2) is 12.6 Å². The van der Waals surface area contributed by atoms with Gasteiger partial charge in [0.05, 0.1) is 0 Å². The fourth-order valence-corrected chi connectivity index (χ4v) is 1.30. The highest BCUT2D eigenvalue weighted by molar-refractivity contribution is 5.48. The molecule has 0 aliphatic heterocycles. The first kappa shape index (κ1) is 13.7. The summed E-state index contributed by atoms with van der Waals surface area (Å²) < 4.78 is 64.7. The van der Waals surface area contributed by atoms with Crippen LogP contribution >= 0.6 is 0 Å². The van der Waals surface area contributed by atoms with E-state index >= 15 is 0 Å². The second-order valence-electron chi connectivity index (χ2n) is 3.57. The molecule has 0 aliphatic rings. The molecule has 17 heavy (non-hydrogen) atoms. The Morgan fingerprint density at radius 1 is 0.941 bits per heavy atom. The molecular weight excluding hydrogens is 243 g/mol. The van der Waals surface area contributed by atoms with Gasteiger partial charge in [0.25, 0.3) is 0 Å². The zero-order chi connectivity index (χ0) is 13.2. The average molecular weight is 254 g/mol. The van der Waals surface area contributed by atoms with E-state index in [9.17, 15) is 22.0 Å². The van der Waals surface area contributed by atoms with Crippen LogP contribution in [0.2, 0.25) is 0 Å². The lowest BCUT2D eigenvalue weighted by Crippen LogP contribution is -2.22. The molecule has 7 heteroatoms. The van der Waals surface area contributed by atoms with Crippen LogP contribution in [0.15, 0.2) is 0 Å². The summed E-state index contributed by atoms with van der Waals surface area (Å²) in [7, 11) is 0. The first-order chi connectivity index (χ1) is 7.90. The molecule has 0 radical (unpaired) electrons. The third kappa shape index (κ3) is 2.66. The van der Waals surface area contributed by atoms with Crippen LogP contribution in [0.4, 0.5) is 27.6 Å². The quantitative estimate of drug-likeness (QED) is 0.492. The van der Waals surface area contributed by atoms with Crippen molar-refractivity contribution in [3.63, 3.8) is 0 Å². The molecule has 0 heterocycles. The van der Waals surface area contributed by atoms with Crippen molar-refractivity contribution in [1.82, 2.24) is 0 Å². The van der Waals surface area contributed by atoms with E-state index in [2.05, 4.69) is 5.32 Å². The van der Waals surface area contributed by atoms with E-state index in [4.69, 9.17) is 5.73 Å². The lowest BCUT2D eigenvalue weighted by Gasteiger charge is -2.16. The number of halogens is 5. The average Bonchev–Trinajstić information content (AvgIpc) is 2.30. The Kier molecular flexibility index (Phi) is 4.28. The Morgan fingerprint density at radius 3 is 1.76 bits per heavy atom. The second kappa shape index (κ2) is 5.31. The summed E-state index contributed by atoms with van der Waals surface area (Å²) in [5, 5.41) is 2.21. The smallest absolute Gasteiger partial charge is 0.200 e. The van der Waals surface area contributed by atoms with Gasteiger partial charge in [-0.25, -0.2) is 22.0 Å². The third-order valence-electron chi connectivity index (χ3n) is 2.20. The van der Waals surface area contributed by atoms with Crippen molar-refractivity contribution in [3.8, 4) is 0 Å². The van der Waals surface area contributed by atoms with Gasteiger partial charge in [0.15, 0.2) is 23.3 Å². The largest absolute Gasteiger partial charge is 0.378 e. The van der Waals surface area contributed by atoms with Crippen molar-refractivity contribution >= 4 is 5.69 Å². The molecule has 1 aromatic rings. The van der Waals surface area contributed by atoms with Crippen molar-refractivity contribution < 1.29 is 22.0 Å². The third-order valence-corrected chi connectivity index (χ3v) is 2.20. The molecule has 1 rings (SSSR count). The highest BCUT2D eigenvalue weighted by atomic mass is 19.2. The summed E-state index contributed by atoms with van der Waals surface area (Å²) in [6.07, 6.45) is 0.333. The van der Waals surface area contributed by atoms with Crippen molar-refractivity contribution in [1.29, 1.82) is 0 Å². The van der Waals surface area contributed by atoms with Crippen LogP contribution < -0.4 is 11.1 Å². The van der Waals surface area contributed by atoms with E-state index in [-0.39, 0.29) is 6.54 Å². The van der Waals surface area contributed by atoms with Crippen molar-refractivity contribution in [2.75, 3.05) is 11.9 Å². The molecule has 1 atom stereocenters. The fourth-order valence-electron chi connectivity index (χ4n) is 1.30. The van der Waals surface area contributed by atoms with E-state index in [1.165, 1.54) is 6.92 Å². The number of hydrogen-bond donors (Lipinski definition) is 2. The molecule has 96 valence electrons. The molecule has 0 spiro atoms. The van der Waals surface area contributed by atoms with Gasteiger partial charge >= 0.3 is 0 Å². The van der Waals surface area contributed by atoms with E-state index in [0.29, 0.717) is 6.42 Å². The number of benzene rings is 1. The maximum atomic E-state index is 13.2. The molecule has 0 aliphatic carbocycles. The summed E-state index contributed by atoms with van der Waals surface area (Å²) in [5.41, 5.74) is 4.18. The number of anilines is 1. The lowest BCUT2D eigenvalue weighted by atomic mass is 10.2. The Balaban J connectivity index is 3.16. The van der Waals surface area contributed by atoms with E-state index < -0.39 is 40.8 Å². The SMILES string of the molecule is CC(CCN)Nc1c(F)c(F)c(F)c(F)c1F. The molecule has 0 fully saturated rings. The monoisotopic (exact) mass is 254 g/mol. The fraction of sp³-hybridized carbons (Fsp3) is 0.400. The molecule has 1 unspecified atom stereocenters. The molecule has 0 bridgehead atoms. The van der Waals surface area contributed by atoms with Crippen molar-refractivity contribution in [3.05, 3.63) is 29.1 Å². The molecule has 2 nitrogen and oxygen atoms in total. The van der Waals surface area contributed by atoms with E-state index in [0.717, 1.165) is 0 Å². The number of nitrogens with one attached hydrogen (secondary N) is 1. The summed E-state index contributed by atoms with van der Waals surface area (Å²) in [6, 6.07) is -0.506. The second-order valence-corrected chi connectivity index (χ2v) is 3.57. The first-order valence-corrected chi connectivity index (χ1v) is 4.88. The van der Waals surface area contributed by atoms with Crippen LogP contribution in [0, 0.1) is 29.1 Å². The number of nitrogens with two attached hydrogens (primary N) is 1. The zero-order valence-electron chi connectivity index (χ0n) is 8.96. The number of hydrogen-bond acceptors (Lipinski definition) is 2. The van der Waals surface area contributed by atoms with Gasteiger partial charge in [-0.2, -0.15) is 0 Å². The van der Waals surface area contributed by atoms with Crippen LogP contribution in [-0.2, 0) is 0 Å². The number of rotatable bonds is 4. The maximum Gasteiger partial charge on any atom is 0.200 e. The Morgan fingerprint density at radius 2 is 1.35 bits per heavy atom. The minimum absolute atomic E-state index is 0.226. The van der Waals surface area contributed by atoms with Gasteiger partial charge in [0.2, 0.25) is 5.82 Å². The summed E-state index contributed by atoms with van der Waals surface area (Å²) in [5.74, 6) is -9.84. The Labute approximate surface area is 94.6 Å². The highest BCUT2D eigenvalue weighted by Crippen LogP contribution is 2.27. The molecule has 0 amide bonds. The molecule has 0 saturated carbocycles. The van der Waals surface area contributed by atoms with Gasteiger partial charge in [-0.1, -0.05) is 0 Å². The van der Waals surface area contributed by atoms with Gasteiger partial charge in [-0.15, -0.1) is 0 Å². The Hall–Kier alpha value is -1.37. The first-order valence-electron chi connectivity index (χ1n) is 4.88. The van der Waals surface area contributed by atoms with Crippen LogP contribution in [0.3, 0.4) is 0 Å². The van der Waals surface area contributed by atoms with Gasteiger partial charge in [0.1, 0.15) is 5.69 Å². The van der Waals surface area contributed by atoms with Crippen LogP contribution in [0.1, 0.15) is 13.3 Å². The van der Waals surface area contributed by atoms with Gasteiger partial charge in [-0.05, 0) is 19.9 Å². The molecule has 0 aromatic heterocycles. The standard InChI is InChI=1S/C10H11F5N2/c1-4(2-3-16)17-10-8(14)6(12)5(11)7(13)9(10)15/h4,17H,2-3,16H2,1H3. The van der Waals surface area contributed by atoms with E-state index in [1.54, 1.807) is 0 Å².